The Hall–Kier alpha value is -3.34. The molecule has 0 saturated carbocycles. The molecule has 0 aliphatic rings. The fourth-order valence-corrected chi connectivity index (χ4v) is 2.71. The first-order chi connectivity index (χ1) is 11.4. The van der Waals surface area contributed by atoms with Gasteiger partial charge in [-0.2, -0.15) is 0 Å². The predicted molar refractivity (Wildman–Crippen MR) is 87.8 cm³/mol. The van der Waals surface area contributed by atoms with Crippen molar-refractivity contribution >= 4 is 33.1 Å². The number of hydrogen-bond donors (Lipinski definition) is 0. The molecule has 0 bridgehead atoms. The summed E-state index contributed by atoms with van der Waals surface area (Å²) in [7, 11) is 0. The lowest BCUT2D eigenvalue weighted by Gasteiger charge is -2.01. The van der Waals surface area contributed by atoms with Crippen molar-refractivity contribution in [2.45, 2.75) is 0 Å². The van der Waals surface area contributed by atoms with Crippen molar-refractivity contribution < 1.29 is 4.42 Å². The second-order valence-corrected chi connectivity index (χ2v) is 5.28. The number of fused-ring (bicyclic) bond motifs is 4. The minimum absolute atomic E-state index is 0.478. The van der Waals surface area contributed by atoms with Crippen LogP contribution in [-0.2, 0) is 0 Å². The molecule has 5 heteroatoms. The van der Waals surface area contributed by atoms with Crippen LogP contribution < -0.4 is 0 Å². The molecule has 5 aromatic rings. The lowest BCUT2D eigenvalue weighted by Crippen LogP contribution is -1.90. The third-order valence-corrected chi connectivity index (χ3v) is 3.84. The van der Waals surface area contributed by atoms with Gasteiger partial charge in [-0.25, -0.2) is 9.97 Å². The van der Waals surface area contributed by atoms with Crippen molar-refractivity contribution in [2.75, 3.05) is 0 Å². The number of aromatic nitrogens is 4. The average molecular weight is 298 g/mol. The van der Waals surface area contributed by atoms with Crippen LogP contribution in [0.25, 0.3) is 44.5 Å². The zero-order valence-electron chi connectivity index (χ0n) is 12.0. The van der Waals surface area contributed by atoms with E-state index in [1.807, 2.05) is 42.6 Å². The number of nitrogens with zero attached hydrogens (tertiary/aromatic N) is 4. The van der Waals surface area contributed by atoms with Gasteiger partial charge in [0.15, 0.2) is 11.1 Å². The van der Waals surface area contributed by atoms with Crippen LogP contribution in [0.3, 0.4) is 0 Å². The van der Waals surface area contributed by atoms with Crippen molar-refractivity contribution in [3.05, 3.63) is 61.1 Å². The monoisotopic (exact) mass is 298 g/mol. The second kappa shape index (κ2) is 4.58. The van der Waals surface area contributed by atoms with Crippen molar-refractivity contribution in [3.8, 4) is 11.4 Å². The van der Waals surface area contributed by atoms with Crippen LogP contribution in [0.1, 0.15) is 0 Å². The Labute approximate surface area is 130 Å². The molecule has 0 atom stereocenters. The van der Waals surface area contributed by atoms with Crippen LogP contribution in [0.4, 0.5) is 0 Å². The van der Waals surface area contributed by atoms with Crippen molar-refractivity contribution in [3.63, 3.8) is 0 Å². The van der Waals surface area contributed by atoms with Gasteiger partial charge >= 0.3 is 0 Å². The van der Waals surface area contributed by atoms with E-state index >= 15 is 0 Å². The molecule has 4 aromatic heterocycles. The molecule has 108 valence electrons. The zero-order chi connectivity index (χ0) is 15.2. The Morgan fingerprint density at radius 3 is 2.61 bits per heavy atom. The van der Waals surface area contributed by atoms with Crippen LogP contribution in [-0.4, -0.2) is 19.9 Å². The molecule has 23 heavy (non-hydrogen) atoms. The van der Waals surface area contributed by atoms with Gasteiger partial charge in [0, 0.05) is 17.8 Å². The third-order valence-electron chi connectivity index (χ3n) is 3.84. The van der Waals surface area contributed by atoms with Gasteiger partial charge in [-0.1, -0.05) is 24.3 Å². The van der Waals surface area contributed by atoms with E-state index in [1.54, 1.807) is 12.4 Å². The number of benzene rings is 1. The van der Waals surface area contributed by atoms with Crippen molar-refractivity contribution in [2.24, 2.45) is 0 Å². The molecule has 0 aliphatic carbocycles. The topological polar surface area (TPSA) is 64.7 Å². The molecule has 1 aromatic carbocycles. The standard InChI is InChI=1S/C18H10N4O/c1-2-5-12-9-20-13(8-11(12)4-1)14-10-21-17-16-15(6-3-7-19-16)23-18(17)22-14/h1-10H. The highest BCUT2D eigenvalue weighted by Gasteiger charge is 2.12. The Morgan fingerprint density at radius 1 is 0.739 bits per heavy atom. The maximum Gasteiger partial charge on any atom is 0.248 e. The molecule has 0 fully saturated rings. The number of hydrogen-bond acceptors (Lipinski definition) is 5. The molecule has 0 radical (unpaired) electrons. The molecule has 0 spiro atoms. The highest BCUT2D eigenvalue weighted by molar-refractivity contribution is 5.98. The second-order valence-electron chi connectivity index (χ2n) is 5.28. The van der Waals surface area contributed by atoms with Crippen LogP contribution in [0.2, 0.25) is 0 Å². The predicted octanol–water partition coefficient (Wildman–Crippen LogP) is 3.99. The maximum atomic E-state index is 5.74. The minimum atomic E-state index is 0.478. The van der Waals surface area contributed by atoms with E-state index in [-0.39, 0.29) is 0 Å². The first kappa shape index (κ1) is 12.2. The highest BCUT2D eigenvalue weighted by atomic mass is 16.3. The third kappa shape index (κ3) is 1.87. The van der Waals surface area contributed by atoms with E-state index in [0.717, 1.165) is 22.0 Å². The molecule has 0 amide bonds. The molecule has 0 saturated heterocycles. The summed E-state index contributed by atoms with van der Waals surface area (Å²) in [4.78, 5) is 17.8. The van der Waals surface area contributed by atoms with Crippen LogP contribution in [0.15, 0.2) is 65.5 Å². The van der Waals surface area contributed by atoms with E-state index in [0.29, 0.717) is 22.5 Å². The summed E-state index contributed by atoms with van der Waals surface area (Å²) < 4.78 is 5.74. The van der Waals surface area contributed by atoms with Crippen molar-refractivity contribution in [1.29, 1.82) is 0 Å². The summed E-state index contributed by atoms with van der Waals surface area (Å²) in [5.41, 5.74) is 4.02. The molecule has 4 heterocycles. The lowest BCUT2D eigenvalue weighted by atomic mass is 10.1. The SMILES string of the molecule is c1ccc2cc(-c3cnc4c(n3)oc3cccnc34)ncc2c1. The summed E-state index contributed by atoms with van der Waals surface area (Å²) in [6.45, 7) is 0. The smallest absolute Gasteiger partial charge is 0.248 e. The van der Waals surface area contributed by atoms with Gasteiger partial charge < -0.3 is 4.42 Å². The number of pyridine rings is 2. The first-order valence-electron chi connectivity index (χ1n) is 7.24. The fraction of sp³-hybridized carbons (Fsp3) is 0. The quantitative estimate of drug-likeness (QED) is 0.468. The molecule has 0 N–H and O–H groups in total. The van der Waals surface area contributed by atoms with Gasteiger partial charge in [-0.3, -0.25) is 9.97 Å². The fourth-order valence-electron chi connectivity index (χ4n) is 2.71. The Kier molecular flexibility index (Phi) is 2.43. The van der Waals surface area contributed by atoms with Crippen LogP contribution >= 0.6 is 0 Å². The Bertz CT molecular complexity index is 1180. The van der Waals surface area contributed by atoms with Crippen LogP contribution in [0, 0.1) is 0 Å². The van der Waals surface area contributed by atoms with Crippen molar-refractivity contribution in [1.82, 2.24) is 19.9 Å². The van der Waals surface area contributed by atoms with Gasteiger partial charge in [-0.05, 0) is 23.6 Å². The summed E-state index contributed by atoms with van der Waals surface area (Å²) in [6.07, 6.45) is 5.28. The normalized spacial score (nSPS) is 11.5. The molecule has 5 rings (SSSR count). The summed E-state index contributed by atoms with van der Waals surface area (Å²) >= 11 is 0. The van der Waals surface area contributed by atoms with E-state index in [9.17, 15) is 0 Å². The van der Waals surface area contributed by atoms with Crippen LogP contribution in [0.5, 0.6) is 0 Å². The van der Waals surface area contributed by atoms with Gasteiger partial charge in [0.05, 0.1) is 11.9 Å². The van der Waals surface area contributed by atoms with E-state index in [4.69, 9.17) is 4.42 Å². The van der Waals surface area contributed by atoms with Gasteiger partial charge in [0.1, 0.15) is 11.2 Å². The highest BCUT2D eigenvalue weighted by Crippen LogP contribution is 2.26. The molecule has 0 aliphatic heterocycles. The summed E-state index contributed by atoms with van der Waals surface area (Å²) in [5.74, 6) is 0. The Balaban J connectivity index is 1.73. The maximum absolute atomic E-state index is 5.74. The summed E-state index contributed by atoms with van der Waals surface area (Å²) in [5, 5.41) is 2.21. The average Bonchev–Trinajstić information content (AvgIpc) is 2.99. The van der Waals surface area contributed by atoms with E-state index in [2.05, 4.69) is 26.0 Å². The zero-order valence-corrected chi connectivity index (χ0v) is 12.0. The minimum Gasteiger partial charge on any atom is -0.435 e. The van der Waals surface area contributed by atoms with E-state index < -0.39 is 0 Å². The van der Waals surface area contributed by atoms with Gasteiger partial charge in [-0.15, -0.1) is 0 Å². The Morgan fingerprint density at radius 2 is 1.65 bits per heavy atom. The number of rotatable bonds is 1. The largest absolute Gasteiger partial charge is 0.435 e. The van der Waals surface area contributed by atoms with Gasteiger partial charge in [0.2, 0.25) is 5.71 Å². The first-order valence-corrected chi connectivity index (χ1v) is 7.24. The number of furan rings is 1. The molecule has 0 unspecified atom stereocenters. The van der Waals surface area contributed by atoms with Gasteiger partial charge in [0.25, 0.3) is 0 Å². The lowest BCUT2D eigenvalue weighted by molar-refractivity contribution is 0.652. The molecule has 5 nitrogen and oxygen atoms in total. The van der Waals surface area contributed by atoms with E-state index in [1.165, 1.54) is 0 Å². The molecular formula is C18H10N4O. The summed E-state index contributed by atoms with van der Waals surface area (Å²) in [6, 6.07) is 13.8. The molecular weight excluding hydrogens is 288 g/mol.